The Hall–Kier alpha value is -2.44. The average molecular weight is 345 g/mol. The molecule has 0 unspecified atom stereocenters. The highest BCUT2D eigenvalue weighted by molar-refractivity contribution is 5.97. The van der Waals surface area contributed by atoms with Crippen molar-refractivity contribution in [1.29, 1.82) is 0 Å². The zero-order valence-electron chi connectivity index (χ0n) is 11.1. The first-order valence-corrected chi connectivity index (χ1v) is 5.66. The summed E-state index contributed by atoms with van der Waals surface area (Å²) in [5.41, 5.74) is 12.5. The van der Waals surface area contributed by atoms with Gasteiger partial charge in [0.05, 0.1) is 11.1 Å². The lowest BCUT2D eigenvalue weighted by Gasteiger charge is -2.08. The van der Waals surface area contributed by atoms with Crippen molar-refractivity contribution in [3.05, 3.63) is 47.5 Å². The highest BCUT2D eigenvalue weighted by Gasteiger charge is 2.12. The summed E-state index contributed by atoms with van der Waals surface area (Å²) in [6.45, 7) is 0. The van der Waals surface area contributed by atoms with Crippen LogP contribution in [0.15, 0.2) is 36.4 Å². The maximum absolute atomic E-state index is 11.0. The number of halogens is 2. The highest BCUT2D eigenvalue weighted by Crippen LogP contribution is 2.26. The summed E-state index contributed by atoms with van der Waals surface area (Å²) >= 11 is 0. The van der Waals surface area contributed by atoms with E-state index in [1.54, 1.807) is 12.1 Å². The third-order valence-electron chi connectivity index (χ3n) is 2.90. The van der Waals surface area contributed by atoms with E-state index in [-0.39, 0.29) is 47.3 Å². The van der Waals surface area contributed by atoms with Crippen LogP contribution in [-0.4, -0.2) is 22.2 Å². The number of aromatic carboxylic acids is 2. The summed E-state index contributed by atoms with van der Waals surface area (Å²) in [4.78, 5) is 22.1. The molecule has 2 rings (SSSR count). The van der Waals surface area contributed by atoms with Gasteiger partial charge in [-0.15, -0.1) is 24.8 Å². The van der Waals surface area contributed by atoms with Crippen molar-refractivity contribution in [2.24, 2.45) is 0 Å². The first-order chi connectivity index (χ1) is 9.40. The Balaban J connectivity index is 0.00000220. The topological polar surface area (TPSA) is 127 Å². The molecule has 0 aliphatic heterocycles. The van der Waals surface area contributed by atoms with Crippen LogP contribution < -0.4 is 11.5 Å². The lowest BCUT2D eigenvalue weighted by atomic mass is 9.99. The van der Waals surface area contributed by atoms with Gasteiger partial charge in [0, 0.05) is 11.4 Å². The molecule has 0 atom stereocenters. The van der Waals surface area contributed by atoms with Crippen LogP contribution in [0.25, 0.3) is 11.1 Å². The number of rotatable bonds is 3. The molecule has 2 aromatic carbocycles. The zero-order chi connectivity index (χ0) is 14.9. The Bertz CT molecular complexity index is 658. The Morgan fingerprint density at radius 2 is 1.05 bits per heavy atom. The number of nitrogens with two attached hydrogens (primary N) is 2. The van der Waals surface area contributed by atoms with Gasteiger partial charge in [0.15, 0.2) is 0 Å². The van der Waals surface area contributed by atoms with E-state index in [1.165, 1.54) is 24.3 Å². The average Bonchev–Trinajstić information content (AvgIpc) is 2.39. The molecule has 6 N–H and O–H groups in total. The van der Waals surface area contributed by atoms with Crippen molar-refractivity contribution in [2.75, 3.05) is 11.5 Å². The van der Waals surface area contributed by atoms with E-state index in [0.717, 1.165) is 0 Å². The molecule has 118 valence electrons. The molecule has 0 radical (unpaired) electrons. The molecule has 0 amide bonds. The molecule has 0 bridgehead atoms. The second-order valence-electron chi connectivity index (χ2n) is 4.21. The summed E-state index contributed by atoms with van der Waals surface area (Å²) in [6, 6.07) is 8.98. The van der Waals surface area contributed by atoms with Gasteiger partial charge in [-0.1, -0.05) is 12.1 Å². The van der Waals surface area contributed by atoms with Gasteiger partial charge >= 0.3 is 11.9 Å². The molecule has 6 nitrogen and oxygen atoms in total. The minimum Gasteiger partial charge on any atom is -0.478 e. The van der Waals surface area contributed by atoms with E-state index in [1.807, 2.05) is 0 Å². The largest absolute Gasteiger partial charge is 0.478 e. The molecular weight excluding hydrogens is 331 g/mol. The Morgan fingerprint density at radius 1 is 0.727 bits per heavy atom. The number of carbonyl (C=O) groups is 2. The van der Waals surface area contributed by atoms with Gasteiger partial charge in [0.25, 0.3) is 0 Å². The third-order valence-corrected chi connectivity index (χ3v) is 2.90. The molecule has 22 heavy (non-hydrogen) atoms. The summed E-state index contributed by atoms with van der Waals surface area (Å²) in [5, 5.41) is 18.1. The first-order valence-electron chi connectivity index (χ1n) is 5.66. The van der Waals surface area contributed by atoms with Gasteiger partial charge in [-0.3, -0.25) is 0 Å². The minimum atomic E-state index is -1.14. The molecule has 8 heteroatoms. The van der Waals surface area contributed by atoms with Crippen LogP contribution in [0.3, 0.4) is 0 Å². The number of anilines is 2. The van der Waals surface area contributed by atoms with E-state index in [4.69, 9.17) is 21.7 Å². The van der Waals surface area contributed by atoms with Gasteiger partial charge in [-0.25, -0.2) is 9.59 Å². The number of hydrogen-bond acceptors (Lipinski definition) is 4. The predicted molar refractivity (Wildman–Crippen MR) is 89.1 cm³/mol. The van der Waals surface area contributed by atoms with E-state index >= 15 is 0 Å². The number of hydrogen-bond donors (Lipinski definition) is 4. The van der Waals surface area contributed by atoms with Crippen LogP contribution in [0.1, 0.15) is 20.7 Å². The van der Waals surface area contributed by atoms with Crippen LogP contribution in [0, 0.1) is 0 Å². The first kappa shape index (κ1) is 19.6. The summed E-state index contributed by atoms with van der Waals surface area (Å²) in [7, 11) is 0. The van der Waals surface area contributed by atoms with Crippen LogP contribution in [0.2, 0.25) is 0 Å². The number of carboxylic acid groups (broad SMARTS) is 2. The number of carboxylic acids is 2. The summed E-state index contributed by atoms with van der Waals surface area (Å²) in [5.74, 6) is -2.28. The standard InChI is InChI=1S/C14H12N2O4.2ClH/c15-11-3-1-7(5-9(11)13(17)18)8-2-4-12(16)10(6-8)14(19)20;;/h1-6H,15-16H2,(H,17,18)(H,19,20);2*1H. The SMILES string of the molecule is Cl.Cl.Nc1ccc(-c2ccc(N)c(C(=O)O)c2)cc1C(=O)O. The molecule has 0 heterocycles. The Kier molecular flexibility index (Phi) is 6.70. The monoisotopic (exact) mass is 344 g/mol. The van der Waals surface area contributed by atoms with Crippen molar-refractivity contribution >= 4 is 48.1 Å². The van der Waals surface area contributed by atoms with Crippen LogP contribution >= 0.6 is 24.8 Å². The molecular formula is C14H14Cl2N2O4. The summed E-state index contributed by atoms with van der Waals surface area (Å²) < 4.78 is 0. The molecule has 0 saturated heterocycles. The summed E-state index contributed by atoms with van der Waals surface area (Å²) in [6.07, 6.45) is 0. The Morgan fingerprint density at radius 3 is 1.32 bits per heavy atom. The zero-order valence-corrected chi connectivity index (χ0v) is 12.8. The molecule has 0 fully saturated rings. The van der Waals surface area contributed by atoms with Gasteiger partial charge in [0.2, 0.25) is 0 Å². The fourth-order valence-electron chi connectivity index (χ4n) is 1.84. The van der Waals surface area contributed by atoms with Crippen LogP contribution in [0.4, 0.5) is 11.4 Å². The van der Waals surface area contributed by atoms with Gasteiger partial charge in [-0.2, -0.15) is 0 Å². The fourth-order valence-corrected chi connectivity index (χ4v) is 1.84. The number of nitrogen functional groups attached to an aromatic ring is 2. The maximum Gasteiger partial charge on any atom is 0.337 e. The number of benzene rings is 2. The van der Waals surface area contributed by atoms with E-state index < -0.39 is 11.9 Å². The quantitative estimate of drug-likeness (QED) is 0.634. The molecule has 0 aromatic heterocycles. The molecule has 2 aromatic rings. The van der Waals surface area contributed by atoms with E-state index in [0.29, 0.717) is 11.1 Å². The van der Waals surface area contributed by atoms with Crippen molar-refractivity contribution in [1.82, 2.24) is 0 Å². The van der Waals surface area contributed by atoms with E-state index in [2.05, 4.69) is 0 Å². The van der Waals surface area contributed by atoms with E-state index in [9.17, 15) is 9.59 Å². The van der Waals surface area contributed by atoms with Crippen molar-refractivity contribution in [3.8, 4) is 11.1 Å². The highest BCUT2D eigenvalue weighted by atomic mass is 35.5. The van der Waals surface area contributed by atoms with Crippen LogP contribution in [-0.2, 0) is 0 Å². The van der Waals surface area contributed by atoms with Crippen molar-refractivity contribution in [2.45, 2.75) is 0 Å². The fraction of sp³-hybridized carbons (Fsp3) is 0. The molecule has 0 aliphatic carbocycles. The maximum atomic E-state index is 11.0. The predicted octanol–water partition coefficient (Wildman–Crippen LogP) is 2.76. The lowest BCUT2D eigenvalue weighted by molar-refractivity contribution is 0.0687. The van der Waals surface area contributed by atoms with Gasteiger partial charge in [-0.05, 0) is 35.4 Å². The Labute approximate surface area is 138 Å². The minimum absolute atomic E-state index is 0. The third kappa shape index (κ3) is 3.81. The van der Waals surface area contributed by atoms with Gasteiger partial charge < -0.3 is 21.7 Å². The van der Waals surface area contributed by atoms with Crippen LogP contribution in [0.5, 0.6) is 0 Å². The van der Waals surface area contributed by atoms with Crippen molar-refractivity contribution in [3.63, 3.8) is 0 Å². The lowest BCUT2D eigenvalue weighted by Crippen LogP contribution is -2.04. The van der Waals surface area contributed by atoms with Crippen molar-refractivity contribution < 1.29 is 19.8 Å². The normalized spacial score (nSPS) is 9.27. The molecule has 0 aliphatic rings. The molecule has 0 spiro atoms. The van der Waals surface area contributed by atoms with Gasteiger partial charge in [0.1, 0.15) is 0 Å². The second-order valence-corrected chi connectivity index (χ2v) is 4.21. The molecule has 0 saturated carbocycles. The smallest absolute Gasteiger partial charge is 0.337 e. The second kappa shape index (κ2) is 7.53.